The van der Waals surface area contributed by atoms with E-state index in [1.165, 1.54) is 0 Å². The number of nitrogens with zero attached hydrogens (tertiary/aromatic N) is 4. The van der Waals surface area contributed by atoms with Gasteiger partial charge < -0.3 is 11.1 Å². The first-order valence-electron chi connectivity index (χ1n) is 4.93. The van der Waals surface area contributed by atoms with Gasteiger partial charge in [-0.1, -0.05) is 0 Å². The maximum Gasteiger partial charge on any atom is 0.223 e. The second-order valence-electron chi connectivity index (χ2n) is 3.07. The molecule has 0 amide bonds. The van der Waals surface area contributed by atoms with Gasteiger partial charge in [0.2, 0.25) is 5.95 Å². The molecular weight excluding hydrogens is 204 g/mol. The van der Waals surface area contributed by atoms with Gasteiger partial charge in [-0.3, -0.25) is 9.97 Å². The molecule has 0 bridgehead atoms. The van der Waals surface area contributed by atoms with Crippen LogP contribution in [0.25, 0.3) is 11.4 Å². The summed E-state index contributed by atoms with van der Waals surface area (Å²) in [4.78, 5) is 16.5. The van der Waals surface area contributed by atoms with E-state index >= 15 is 0 Å². The van der Waals surface area contributed by atoms with E-state index in [9.17, 15) is 0 Å². The number of hydrogen-bond donors (Lipinski definition) is 2. The Bertz CT molecular complexity index is 444. The fraction of sp³-hybridized carbons (Fsp3) is 0.200. The van der Waals surface area contributed by atoms with Gasteiger partial charge in [-0.2, -0.15) is 0 Å². The fourth-order valence-corrected chi connectivity index (χ4v) is 1.20. The van der Waals surface area contributed by atoms with Gasteiger partial charge in [0.25, 0.3) is 0 Å². The van der Waals surface area contributed by atoms with Crippen LogP contribution in [0.15, 0.2) is 30.9 Å². The Morgan fingerprint density at radius 2 is 2.06 bits per heavy atom. The van der Waals surface area contributed by atoms with Crippen molar-refractivity contribution < 1.29 is 0 Å². The Balaban J connectivity index is 2.22. The summed E-state index contributed by atoms with van der Waals surface area (Å²) in [6.45, 7) is 1.18. The van der Waals surface area contributed by atoms with Crippen molar-refractivity contribution in [1.82, 2.24) is 19.9 Å². The Labute approximate surface area is 93.0 Å². The highest BCUT2D eigenvalue weighted by atomic mass is 15.1. The molecule has 0 aliphatic heterocycles. The molecule has 82 valence electrons. The minimum Gasteiger partial charge on any atom is -0.353 e. The van der Waals surface area contributed by atoms with Crippen molar-refractivity contribution in [3.05, 3.63) is 30.9 Å². The van der Waals surface area contributed by atoms with Gasteiger partial charge >= 0.3 is 0 Å². The van der Waals surface area contributed by atoms with E-state index < -0.39 is 0 Å². The summed E-state index contributed by atoms with van der Waals surface area (Å²) in [6.07, 6.45) is 6.59. The van der Waals surface area contributed by atoms with Crippen molar-refractivity contribution in [2.45, 2.75) is 0 Å². The lowest BCUT2D eigenvalue weighted by molar-refractivity contribution is 0.988. The average molecular weight is 216 g/mol. The highest BCUT2D eigenvalue weighted by Gasteiger charge is 2.02. The molecule has 0 radical (unpaired) electrons. The van der Waals surface area contributed by atoms with Gasteiger partial charge in [0.1, 0.15) is 5.69 Å². The van der Waals surface area contributed by atoms with Crippen LogP contribution in [-0.4, -0.2) is 33.0 Å². The molecule has 3 N–H and O–H groups in total. The first kappa shape index (κ1) is 10.4. The van der Waals surface area contributed by atoms with E-state index in [-0.39, 0.29) is 0 Å². The molecule has 0 unspecified atom stereocenters. The Morgan fingerprint density at radius 1 is 1.12 bits per heavy atom. The van der Waals surface area contributed by atoms with E-state index in [1.54, 1.807) is 30.9 Å². The first-order valence-corrected chi connectivity index (χ1v) is 4.93. The van der Waals surface area contributed by atoms with Gasteiger partial charge in [0.15, 0.2) is 0 Å². The second-order valence-corrected chi connectivity index (χ2v) is 3.07. The molecule has 0 atom stereocenters. The Hall–Kier alpha value is -2.08. The molecule has 2 aromatic heterocycles. The van der Waals surface area contributed by atoms with Gasteiger partial charge in [-0.15, -0.1) is 0 Å². The van der Waals surface area contributed by atoms with Crippen molar-refractivity contribution in [1.29, 1.82) is 0 Å². The monoisotopic (exact) mass is 216 g/mol. The number of aromatic nitrogens is 4. The minimum atomic E-state index is 0.540. The molecule has 2 heterocycles. The van der Waals surface area contributed by atoms with Crippen LogP contribution in [0, 0.1) is 0 Å². The highest BCUT2D eigenvalue weighted by molar-refractivity contribution is 5.53. The molecule has 0 fully saturated rings. The maximum absolute atomic E-state index is 5.39. The zero-order valence-corrected chi connectivity index (χ0v) is 8.67. The number of anilines is 1. The molecule has 0 aliphatic rings. The van der Waals surface area contributed by atoms with Crippen molar-refractivity contribution >= 4 is 5.95 Å². The molecule has 0 aromatic carbocycles. The number of nitrogens with two attached hydrogens (primary N) is 1. The third kappa shape index (κ3) is 2.48. The van der Waals surface area contributed by atoms with Gasteiger partial charge in [-0.25, -0.2) is 9.97 Å². The summed E-state index contributed by atoms with van der Waals surface area (Å²) >= 11 is 0. The molecule has 0 saturated carbocycles. The molecule has 6 heteroatoms. The standard InChI is InChI=1S/C10H12N6/c11-2-4-15-10-14-3-1-8(16-10)9-7-12-5-6-13-9/h1,3,5-7H,2,4,11H2,(H,14,15,16). The quantitative estimate of drug-likeness (QED) is 0.764. The van der Waals surface area contributed by atoms with Gasteiger partial charge in [0.05, 0.1) is 11.9 Å². The van der Waals surface area contributed by atoms with E-state index in [0.29, 0.717) is 19.0 Å². The third-order valence-electron chi connectivity index (χ3n) is 1.91. The molecule has 0 spiro atoms. The van der Waals surface area contributed by atoms with Crippen LogP contribution in [0.5, 0.6) is 0 Å². The predicted molar refractivity (Wildman–Crippen MR) is 60.6 cm³/mol. The van der Waals surface area contributed by atoms with Crippen LogP contribution >= 0.6 is 0 Å². The van der Waals surface area contributed by atoms with Crippen LogP contribution in [0.4, 0.5) is 5.95 Å². The summed E-state index contributed by atoms with van der Waals surface area (Å²) in [6, 6.07) is 1.79. The van der Waals surface area contributed by atoms with Crippen LogP contribution in [0.1, 0.15) is 0 Å². The van der Waals surface area contributed by atoms with E-state index in [2.05, 4.69) is 25.3 Å². The van der Waals surface area contributed by atoms with Crippen LogP contribution in [-0.2, 0) is 0 Å². The second kappa shape index (κ2) is 5.13. The molecule has 2 rings (SSSR count). The van der Waals surface area contributed by atoms with Crippen LogP contribution < -0.4 is 11.1 Å². The minimum absolute atomic E-state index is 0.540. The maximum atomic E-state index is 5.39. The lowest BCUT2D eigenvalue weighted by Crippen LogP contribution is -2.14. The van der Waals surface area contributed by atoms with E-state index in [1.807, 2.05) is 0 Å². The lowest BCUT2D eigenvalue weighted by atomic mass is 10.3. The molecule has 6 nitrogen and oxygen atoms in total. The summed E-state index contributed by atoms with van der Waals surface area (Å²) in [7, 11) is 0. The molecule has 0 aliphatic carbocycles. The van der Waals surface area contributed by atoms with Crippen LogP contribution in [0.3, 0.4) is 0 Å². The van der Waals surface area contributed by atoms with Crippen molar-refractivity contribution in [2.24, 2.45) is 5.73 Å². The van der Waals surface area contributed by atoms with Gasteiger partial charge in [-0.05, 0) is 6.07 Å². The smallest absolute Gasteiger partial charge is 0.223 e. The summed E-state index contributed by atoms with van der Waals surface area (Å²) < 4.78 is 0. The first-order chi connectivity index (χ1) is 7.90. The Kier molecular flexibility index (Phi) is 3.35. The predicted octanol–water partition coefficient (Wildman–Crippen LogP) is 0.304. The van der Waals surface area contributed by atoms with Crippen molar-refractivity contribution in [2.75, 3.05) is 18.4 Å². The zero-order valence-electron chi connectivity index (χ0n) is 8.67. The Morgan fingerprint density at radius 3 is 2.81 bits per heavy atom. The molecular formula is C10H12N6. The highest BCUT2D eigenvalue weighted by Crippen LogP contribution is 2.12. The summed E-state index contributed by atoms with van der Waals surface area (Å²) in [5, 5.41) is 3.01. The van der Waals surface area contributed by atoms with Crippen molar-refractivity contribution in [3.63, 3.8) is 0 Å². The summed E-state index contributed by atoms with van der Waals surface area (Å²) in [5.41, 5.74) is 6.85. The van der Waals surface area contributed by atoms with Crippen LogP contribution in [0.2, 0.25) is 0 Å². The zero-order chi connectivity index (χ0) is 11.2. The summed E-state index contributed by atoms with van der Waals surface area (Å²) in [5.74, 6) is 0.550. The number of rotatable bonds is 4. The van der Waals surface area contributed by atoms with E-state index in [0.717, 1.165) is 11.4 Å². The molecule has 0 saturated heterocycles. The van der Waals surface area contributed by atoms with Gasteiger partial charge in [0, 0.05) is 31.7 Å². The average Bonchev–Trinajstić information content (AvgIpc) is 2.38. The molecule has 16 heavy (non-hydrogen) atoms. The normalized spacial score (nSPS) is 10.1. The molecule has 2 aromatic rings. The number of nitrogens with one attached hydrogen (secondary N) is 1. The fourth-order valence-electron chi connectivity index (χ4n) is 1.20. The van der Waals surface area contributed by atoms with E-state index in [4.69, 9.17) is 5.73 Å². The van der Waals surface area contributed by atoms with Crippen molar-refractivity contribution in [3.8, 4) is 11.4 Å². The SMILES string of the molecule is NCCNc1nccc(-c2cnccn2)n1. The topological polar surface area (TPSA) is 89.6 Å². The lowest BCUT2D eigenvalue weighted by Gasteiger charge is -2.04. The number of hydrogen-bond acceptors (Lipinski definition) is 6. The largest absolute Gasteiger partial charge is 0.353 e. The third-order valence-corrected chi connectivity index (χ3v) is 1.91.